The van der Waals surface area contributed by atoms with Crippen LogP contribution in [0.3, 0.4) is 0 Å². The Hall–Kier alpha value is -0.890. The van der Waals surface area contributed by atoms with Gasteiger partial charge in [0.2, 0.25) is 0 Å². The van der Waals surface area contributed by atoms with Crippen LogP contribution in [0.15, 0.2) is 39.7 Å². The van der Waals surface area contributed by atoms with Crippen LogP contribution in [-0.2, 0) is 10.0 Å². The van der Waals surface area contributed by atoms with Crippen LogP contribution in [0.5, 0.6) is 0 Å². The van der Waals surface area contributed by atoms with Gasteiger partial charge < -0.3 is 0 Å². The number of hydrogen-bond donors (Lipinski definition) is 1. The van der Waals surface area contributed by atoms with Crippen LogP contribution < -0.4 is 4.72 Å². The molecular weight excluding hydrogens is 411 g/mol. The molecule has 1 N–H and O–H groups in total. The van der Waals surface area contributed by atoms with Gasteiger partial charge in [0, 0.05) is 4.47 Å². The van der Waals surface area contributed by atoms with Crippen LogP contribution in [-0.4, -0.2) is 8.42 Å². The molecule has 0 atom stereocenters. The summed E-state index contributed by atoms with van der Waals surface area (Å²) in [5.41, 5.74) is -0.537. The summed E-state index contributed by atoms with van der Waals surface area (Å²) in [6.45, 7) is 0. The monoisotopic (exact) mass is 415 g/mol. The predicted octanol–water partition coefficient (Wildman–Crippen LogP) is 4.83. The molecule has 2 rings (SSSR count). The first-order valence-electron chi connectivity index (χ1n) is 5.34. The SMILES string of the molecule is O=S(=O)(Nc1cccc(F)c1F)c1c(Cl)cc(Br)cc1Cl. The molecule has 3 nitrogen and oxygen atoms in total. The fourth-order valence-electron chi connectivity index (χ4n) is 1.56. The van der Waals surface area contributed by atoms with Gasteiger partial charge in [-0.15, -0.1) is 0 Å². The second-order valence-corrected chi connectivity index (χ2v) is 7.25. The third-order valence-corrected chi connectivity index (χ3v) is 5.17. The Kier molecular flexibility index (Phi) is 4.77. The van der Waals surface area contributed by atoms with Gasteiger partial charge >= 0.3 is 0 Å². The van der Waals surface area contributed by atoms with E-state index in [1.165, 1.54) is 18.2 Å². The van der Waals surface area contributed by atoms with E-state index in [0.29, 0.717) is 4.47 Å². The lowest BCUT2D eigenvalue weighted by Crippen LogP contribution is -2.15. The van der Waals surface area contributed by atoms with Crippen molar-refractivity contribution in [3.05, 3.63) is 56.5 Å². The number of benzene rings is 2. The fraction of sp³-hybridized carbons (Fsp3) is 0. The Bertz CT molecular complexity index is 792. The third kappa shape index (κ3) is 3.48. The predicted molar refractivity (Wildman–Crippen MR) is 81.3 cm³/mol. The molecular formula is C12H6BrCl2F2NO2S. The standard InChI is InChI=1S/C12H6BrCl2F2NO2S/c13-6-4-7(14)12(8(15)5-6)21(19,20)18-10-3-1-2-9(16)11(10)17/h1-5,18H. The molecule has 0 unspecified atom stereocenters. The van der Waals surface area contributed by atoms with Crippen molar-refractivity contribution in [1.29, 1.82) is 0 Å². The zero-order valence-corrected chi connectivity index (χ0v) is 13.9. The smallest absolute Gasteiger partial charge is 0.264 e. The maximum absolute atomic E-state index is 13.5. The number of rotatable bonds is 3. The highest BCUT2D eigenvalue weighted by atomic mass is 79.9. The van der Waals surface area contributed by atoms with Crippen molar-refractivity contribution in [3.8, 4) is 0 Å². The van der Waals surface area contributed by atoms with Gasteiger partial charge in [-0.1, -0.05) is 45.2 Å². The summed E-state index contributed by atoms with van der Waals surface area (Å²) in [7, 11) is -4.27. The molecule has 0 radical (unpaired) electrons. The molecule has 9 heteroatoms. The van der Waals surface area contributed by atoms with Crippen LogP contribution in [0, 0.1) is 11.6 Å². The van der Waals surface area contributed by atoms with Crippen molar-refractivity contribution in [2.45, 2.75) is 4.90 Å². The summed E-state index contributed by atoms with van der Waals surface area (Å²) < 4.78 is 53.5. The summed E-state index contributed by atoms with van der Waals surface area (Å²) >= 11 is 14.8. The van der Waals surface area contributed by atoms with Crippen LogP contribution in [0.1, 0.15) is 0 Å². The Labute approximate surface area is 138 Å². The largest absolute Gasteiger partial charge is 0.276 e. The van der Waals surface area contributed by atoms with Gasteiger partial charge in [-0.2, -0.15) is 0 Å². The van der Waals surface area contributed by atoms with E-state index in [1.807, 2.05) is 4.72 Å². The lowest BCUT2D eigenvalue weighted by molar-refractivity contribution is 0.511. The molecule has 0 saturated heterocycles. The molecule has 0 aliphatic heterocycles. The van der Waals surface area contributed by atoms with E-state index < -0.39 is 32.2 Å². The molecule has 2 aromatic carbocycles. The van der Waals surface area contributed by atoms with Crippen molar-refractivity contribution in [1.82, 2.24) is 0 Å². The first-order valence-corrected chi connectivity index (χ1v) is 8.37. The van der Waals surface area contributed by atoms with Crippen molar-refractivity contribution in [3.63, 3.8) is 0 Å². The maximum atomic E-state index is 13.5. The van der Waals surface area contributed by atoms with Crippen LogP contribution >= 0.6 is 39.1 Å². The molecule has 0 spiro atoms. The number of anilines is 1. The molecule has 0 heterocycles. The Morgan fingerprint density at radius 1 is 1.10 bits per heavy atom. The molecule has 0 fully saturated rings. The molecule has 2 aromatic rings. The number of sulfonamides is 1. The summed E-state index contributed by atoms with van der Waals surface area (Å²) in [5, 5.41) is -0.308. The highest BCUT2D eigenvalue weighted by Crippen LogP contribution is 2.34. The molecule has 0 aliphatic rings. The van der Waals surface area contributed by atoms with Crippen LogP contribution in [0.4, 0.5) is 14.5 Å². The van der Waals surface area contributed by atoms with Crippen molar-refractivity contribution in [2.75, 3.05) is 4.72 Å². The average molecular weight is 417 g/mol. The first kappa shape index (κ1) is 16.5. The molecule has 0 saturated carbocycles. The van der Waals surface area contributed by atoms with E-state index in [-0.39, 0.29) is 10.0 Å². The van der Waals surface area contributed by atoms with E-state index >= 15 is 0 Å². The average Bonchev–Trinajstić information content (AvgIpc) is 2.33. The number of hydrogen-bond acceptors (Lipinski definition) is 2. The molecule has 21 heavy (non-hydrogen) atoms. The van der Waals surface area contributed by atoms with E-state index in [4.69, 9.17) is 23.2 Å². The Balaban J connectivity index is 2.51. The van der Waals surface area contributed by atoms with Crippen molar-refractivity contribution >= 4 is 54.8 Å². The Morgan fingerprint density at radius 2 is 1.67 bits per heavy atom. The van der Waals surface area contributed by atoms with Crippen molar-refractivity contribution in [2.24, 2.45) is 0 Å². The molecule has 112 valence electrons. The van der Waals surface area contributed by atoms with Crippen LogP contribution in [0.25, 0.3) is 0 Å². The quantitative estimate of drug-likeness (QED) is 0.778. The Morgan fingerprint density at radius 3 is 2.24 bits per heavy atom. The second-order valence-electron chi connectivity index (χ2n) is 3.91. The summed E-state index contributed by atoms with van der Waals surface area (Å²) in [6.07, 6.45) is 0. The minimum absolute atomic E-state index is 0.154. The van der Waals surface area contributed by atoms with Crippen molar-refractivity contribution < 1.29 is 17.2 Å². The maximum Gasteiger partial charge on any atom is 0.264 e. The molecule has 0 aliphatic carbocycles. The van der Waals surface area contributed by atoms with E-state index in [2.05, 4.69) is 15.9 Å². The van der Waals surface area contributed by atoms with Gasteiger partial charge in [-0.25, -0.2) is 17.2 Å². The molecule has 0 amide bonds. The number of nitrogens with one attached hydrogen (secondary N) is 1. The lowest BCUT2D eigenvalue weighted by Gasteiger charge is -2.12. The van der Waals surface area contributed by atoms with E-state index in [9.17, 15) is 17.2 Å². The summed E-state index contributed by atoms with van der Waals surface area (Å²) in [6, 6.07) is 5.76. The van der Waals surface area contributed by atoms with E-state index in [1.54, 1.807) is 0 Å². The zero-order chi connectivity index (χ0) is 15.8. The number of halogens is 5. The van der Waals surface area contributed by atoms with Gasteiger partial charge in [0.1, 0.15) is 4.90 Å². The summed E-state index contributed by atoms with van der Waals surface area (Å²) in [4.78, 5) is -0.419. The minimum atomic E-state index is -4.27. The zero-order valence-electron chi connectivity index (χ0n) is 10.0. The van der Waals surface area contributed by atoms with Gasteiger partial charge in [-0.05, 0) is 24.3 Å². The van der Waals surface area contributed by atoms with Gasteiger partial charge in [-0.3, -0.25) is 4.72 Å². The highest BCUT2D eigenvalue weighted by molar-refractivity contribution is 9.10. The first-order chi connectivity index (χ1) is 9.72. The van der Waals surface area contributed by atoms with Gasteiger partial charge in [0.15, 0.2) is 11.6 Å². The second kappa shape index (κ2) is 6.08. The van der Waals surface area contributed by atoms with Gasteiger partial charge in [0.05, 0.1) is 15.7 Å². The lowest BCUT2D eigenvalue weighted by atomic mass is 10.3. The molecule has 0 bridgehead atoms. The minimum Gasteiger partial charge on any atom is -0.276 e. The third-order valence-electron chi connectivity index (χ3n) is 2.43. The van der Waals surface area contributed by atoms with Crippen LogP contribution in [0.2, 0.25) is 10.0 Å². The van der Waals surface area contributed by atoms with Gasteiger partial charge in [0.25, 0.3) is 10.0 Å². The molecule has 0 aromatic heterocycles. The van der Waals surface area contributed by atoms with E-state index in [0.717, 1.165) is 12.1 Å². The highest BCUT2D eigenvalue weighted by Gasteiger charge is 2.24. The normalized spacial score (nSPS) is 11.5. The fourth-order valence-corrected chi connectivity index (χ4v) is 4.56. The summed E-state index contributed by atoms with van der Waals surface area (Å²) in [5.74, 6) is -2.49. The topological polar surface area (TPSA) is 46.2 Å².